The number of hydrogen-bond donors (Lipinski definition) is 1. The van der Waals surface area contributed by atoms with Crippen molar-refractivity contribution in [1.29, 1.82) is 0 Å². The van der Waals surface area contributed by atoms with Crippen molar-refractivity contribution < 1.29 is 0 Å². The minimum Gasteiger partial charge on any atom is -0.326 e. The predicted molar refractivity (Wildman–Crippen MR) is 78.7 cm³/mol. The number of nitrogens with two attached hydrogens (primary N) is 1. The van der Waals surface area contributed by atoms with E-state index in [1.807, 2.05) is 11.3 Å². The summed E-state index contributed by atoms with van der Waals surface area (Å²) < 4.78 is 0. The first-order chi connectivity index (χ1) is 8.78. The van der Waals surface area contributed by atoms with Gasteiger partial charge in [0, 0.05) is 29.4 Å². The molecule has 0 saturated carbocycles. The first-order valence-electron chi connectivity index (χ1n) is 6.28. The highest BCUT2D eigenvalue weighted by Gasteiger charge is 2.03. The number of likely N-dealkylation sites (N-methyl/N-ethyl adjacent to an activating group) is 1. The SMILES string of the molecule is CN(CCc1ccccc1)Cc1ccc(CN)s1. The van der Waals surface area contributed by atoms with Gasteiger partial charge in [0.2, 0.25) is 0 Å². The average Bonchev–Trinajstić information content (AvgIpc) is 2.85. The van der Waals surface area contributed by atoms with Crippen molar-refractivity contribution in [3.8, 4) is 0 Å². The molecule has 2 N–H and O–H groups in total. The summed E-state index contributed by atoms with van der Waals surface area (Å²) in [7, 11) is 2.17. The van der Waals surface area contributed by atoms with Crippen molar-refractivity contribution in [2.24, 2.45) is 5.73 Å². The van der Waals surface area contributed by atoms with Crippen molar-refractivity contribution >= 4 is 11.3 Å². The van der Waals surface area contributed by atoms with Gasteiger partial charge in [-0.1, -0.05) is 30.3 Å². The fourth-order valence-corrected chi connectivity index (χ4v) is 2.90. The second kappa shape index (κ2) is 6.69. The largest absolute Gasteiger partial charge is 0.326 e. The number of rotatable bonds is 6. The molecule has 0 amide bonds. The second-order valence-corrected chi connectivity index (χ2v) is 5.80. The van der Waals surface area contributed by atoms with Crippen LogP contribution in [0.1, 0.15) is 15.3 Å². The number of thiophene rings is 1. The van der Waals surface area contributed by atoms with Crippen LogP contribution in [0.5, 0.6) is 0 Å². The Bertz CT molecular complexity index is 464. The van der Waals surface area contributed by atoms with Gasteiger partial charge in [0.1, 0.15) is 0 Å². The molecule has 0 saturated heterocycles. The fraction of sp³-hybridized carbons (Fsp3) is 0.333. The van der Waals surface area contributed by atoms with Crippen LogP contribution in [0.3, 0.4) is 0 Å². The van der Waals surface area contributed by atoms with Gasteiger partial charge in [-0.25, -0.2) is 0 Å². The molecule has 1 aromatic heterocycles. The molecule has 96 valence electrons. The zero-order valence-corrected chi connectivity index (χ0v) is 11.6. The second-order valence-electron chi connectivity index (χ2n) is 4.55. The maximum absolute atomic E-state index is 5.63. The molecule has 0 fully saturated rings. The van der Waals surface area contributed by atoms with E-state index >= 15 is 0 Å². The van der Waals surface area contributed by atoms with Crippen LogP contribution in [0.2, 0.25) is 0 Å². The van der Waals surface area contributed by atoms with Gasteiger partial charge in [0.25, 0.3) is 0 Å². The van der Waals surface area contributed by atoms with Crippen LogP contribution in [0, 0.1) is 0 Å². The summed E-state index contributed by atoms with van der Waals surface area (Å²) >= 11 is 1.82. The third kappa shape index (κ3) is 3.95. The Hall–Kier alpha value is -1.16. The zero-order valence-electron chi connectivity index (χ0n) is 10.8. The molecular weight excluding hydrogens is 240 g/mol. The van der Waals surface area contributed by atoms with E-state index in [0.717, 1.165) is 19.5 Å². The normalized spacial score (nSPS) is 11.1. The zero-order chi connectivity index (χ0) is 12.8. The Morgan fingerprint density at radius 3 is 2.44 bits per heavy atom. The number of nitrogens with zero attached hydrogens (tertiary/aromatic N) is 1. The number of hydrogen-bond acceptors (Lipinski definition) is 3. The van der Waals surface area contributed by atoms with E-state index in [1.54, 1.807) is 0 Å². The molecule has 3 heteroatoms. The van der Waals surface area contributed by atoms with Crippen LogP contribution in [0.25, 0.3) is 0 Å². The molecule has 0 aliphatic rings. The van der Waals surface area contributed by atoms with E-state index in [2.05, 4.69) is 54.4 Å². The molecule has 0 radical (unpaired) electrons. The lowest BCUT2D eigenvalue weighted by molar-refractivity contribution is 0.334. The molecule has 0 spiro atoms. The van der Waals surface area contributed by atoms with Gasteiger partial charge in [-0.3, -0.25) is 0 Å². The van der Waals surface area contributed by atoms with Crippen LogP contribution >= 0.6 is 11.3 Å². The maximum atomic E-state index is 5.63. The lowest BCUT2D eigenvalue weighted by Crippen LogP contribution is -2.20. The maximum Gasteiger partial charge on any atom is 0.0325 e. The van der Waals surface area contributed by atoms with Crippen LogP contribution < -0.4 is 5.73 Å². The first-order valence-corrected chi connectivity index (χ1v) is 7.09. The highest BCUT2D eigenvalue weighted by Crippen LogP contribution is 2.17. The van der Waals surface area contributed by atoms with Crippen molar-refractivity contribution in [3.63, 3.8) is 0 Å². The van der Waals surface area contributed by atoms with Gasteiger partial charge < -0.3 is 10.6 Å². The van der Waals surface area contributed by atoms with Crippen LogP contribution in [-0.4, -0.2) is 18.5 Å². The van der Waals surface area contributed by atoms with Gasteiger partial charge in [-0.2, -0.15) is 0 Å². The molecule has 2 nitrogen and oxygen atoms in total. The Morgan fingerprint density at radius 1 is 1.06 bits per heavy atom. The summed E-state index contributed by atoms with van der Waals surface area (Å²) in [5.41, 5.74) is 7.03. The van der Waals surface area contributed by atoms with Crippen LogP contribution in [0.15, 0.2) is 42.5 Å². The summed E-state index contributed by atoms with van der Waals surface area (Å²) in [4.78, 5) is 5.02. The molecule has 18 heavy (non-hydrogen) atoms. The summed E-state index contributed by atoms with van der Waals surface area (Å²) in [6.45, 7) is 2.75. The highest BCUT2D eigenvalue weighted by atomic mass is 32.1. The molecule has 2 aromatic rings. The van der Waals surface area contributed by atoms with Crippen molar-refractivity contribution in [2.75, 3.05) is 13.6 Å². The van der Waals surface area contributed by atoms with Gasteiger partial charge in [0.05, 0.1) is 0 Å². The van der Waals surface area contributed by atoms with E-state index in [9.17, 15) is 0 Å². The summed E-state index contributed by atoms with van der Waals surface area (Å²) in [6.07, 6.45) is 1.10. The third-order valence-electron chi connectivity index (χ3n) is 2.97. The Labute approximate surface area is 113 Å². The van der Waals surface area contributed by atoms with E-state index in [0.29, 0.717) is 6.54 Å². The molecule has 1 heterocycles. The Kier molecular flexibility index (Phi) is 4.93. The molecule has 0 aliphatic carbocycles. The van der Waals surface area contributed by atoms with Crippen molar-refractivity contribution in [2.45, 2.75) is 19.5 Å². The topological polar surface area (TPSA) is 29.3 Å². The third-order valence-corrected chi connectivity index (χ3v) is 4.06. The quantitative estimate of drug-likeness (QED) is 0.865. The minimum absolute atomic E-state index is 0.651. The lowest BCUT2D eigenvalue weighted by Gasteiger charge is -2.15. The van der Waals surface area contributed by atoms with E-state index in [4.69, 9.17) is 5.73 Å². The molecule has 0 bridgehead atoms. The minimum atomic E-state index is 0.651. The van der Waals surface area contributed by atoms with E-state index < -0.39 is 0 Å². The summed E-state index contributed by atoms with van der Waals surface area (Å²) in [5.74, 6) is 0. The van der Waals surface area contributed by atoms with Crippen molar-refractivity contribution in [1.82, 2.24) is 4.90 Å². The molecule has 1 aromatic carbocycles. The van der Waals surface area contributed by atoms with Gasteiger partial charge in [-0.15, -0.1) is 11.3 Å². The van der Waals surface area contributed by atoms with Crippen LogP contribution in [0.4, 0.5) is 0 Å². The molecular formula is C15H20N2S. The molecule has 0 atom stereocenters. The average molecular weight is 260 g/mol. The Morgan fingerprint density at radius 2 is 1.78 bits per heavy atom. The number of benzene rings is 1. The Balaban J connectivity index is 1.80. The summed E-state index contributed by atoms with van der Waals surface area (Å²) in [5, 5.41) is 0. The van der Waals surface area contributed by atoms with Gasteiger partial charge in [0.15, 0.2) is 0 Å². The standard InChI is InChI=1S/C15H20N2S/c1-17(10-9-13-5-3-2-4-6-13)12-15-8-7-14(11-16)18-15/h2-8H,9-12,16H2,1H3. The monoisotopic (exact) mass is 260 g/mol. The molecule has 0 aliphatic heterocycles. The van der Waals surface area contributed by atoms with E-state index in [1.165, 1.54) is 15.3 Å². The van der Waals surface area contributed by atoms with Gasteiger partial charge in [-0.05, 0) is 31.2 Å². The first kappa shape index (κ1) is 13.3. The van der Waals surface area contributed by atoms with E-state index in [-0.39, 0.29) is 0 Å². The predicted octanol–water partition coefficient (Wildman–Crippen LogP) is 2.88. The fourth-order valence-electron chi connectivity index (χ4n) is 1.93. The molecule has 2 rings (SSSR count). The molecule has 0 unspecified atom stereocenters. The highest BCUT2D eigenvalue weighted by molar-refractivity contribution is 7.11. The summed E-state index contributed by atoms with van der Waals surface area (Å²) in [6, 6.07) is 14.9. The lowest BCUT2D eigenvalue weighted by atomic mass is 10.1. The smallest absolute Gasteiger partial charge is 0.0325 e. The van der Waals surface area contributed by atoms with Gasteiger partial charge >= 0.3 is 0 Å². The van der Waals surface area contributed by atoms with Crippen molar-refractivity contribution in [3.05, 3.63) is 57.8 Å². The van der Waals surface area contributed by atoms with Crippen LogP contribution in [-0.2, 0) is 19.5 Å².